The van der Waals surface area contributed by atoms with Crippen molar-refractivity contribution >= 4 is 47.0 Å². The Hall–Kier alpha value is -3.46. The van der Waals surface area contributed by atoms with Crippen LogP contribution >= 0.6 is 35.0 Å². The number of carboxylic acid groups (broad SMARTS) is 1. The number of nitrogens with zero attached hydrogens (tertiary/aromatic N) is 2. The van der Waals surface area contributed by atoms with Crippen LogP contribution < -0.4 is 9.47 Å². The van der Waals surface area contributed by atoms with E-state index in [9.17, 15) is 9.90 Å². The first kappa shape index (κ1) is 24.7. The first-order chi connectivity index (χ1) is 16.9. The quantitative estimate of drug-likeness (QED) is 0.187. The Bertz CT molecular complexity index is 1370. The molecule has 0 spiro atoms. The lowest BCUT2D eigenvalue weighted by Gasteiger charge is -2.08. The fourth-order valence-electron chi connectivity index (χ4n) is 3.10. The molecule has 1 heterocycles. The van der Waals surface area contributed by atoms with Crippen LogP contribution in [0.3, 0.4) is 0 Å². The van der Waals surface area contributed by atoms with Gasteiger partial charge in [0.25, 0.3) is 0 Å². The van der Waals surface area contributed by atoms with Crippen LogP contribution in [0.5, 0.6) is 11.5 Å². The van der Waals surface area contributed by atoms with Crippen LogP contribution in [0, 0.1) is 0 Å². The second-order valence-electron chi connectivity index (χ2n) is 7.18. The zero-order valence-electron chi connectivity index (χ0n) is 18.4. The molecular weight excluding hydrogens is 509 g/mol. The minimum absolute atomic E-state index is 0.0540. The summed E-state index contributed by atoms with van der Waals surface area (Å²) in [4.78, 5) is 16.3. The number of ether oxygens (including phenoxy) is 2. The van der Waals surface area contributed by atoms with E-state index in [0.717, 1.165) is 17.3 Å². The lowest BCUT2D eigenvalue weighted by Crippen LogP contribution is -1.98. The van der Waals surface area contributed by atoms with Crippen molar-refractivity contribution in [3.63, 3.8) is 0 Å². The Balaban J connectivity index is 1.47. The average molecular weight is 528 g/mol. The Morgan fingerprint density at radius 3 is 2.60 bits per heavy atom. The minimum atomic E-state index is -1.10. The van der Waals surface area contributed by atoms with Gasteiger partial charge in [0.15, 0.2) is 5.82 Å². The van der Waals surface area contributed by atoms with Crippen LogP contribution in [-0.4, -0.2) is 33.4 Å². The van der Waals surface area contributed by atoms with Crippen molar-refractivity contribution in [2.75, 3.05) is 7.11 Å². The lowest BCUT2D eigenvalue weighted by molar-refractivity contribution is -0.131. The van der Waals surface area contributed by atoms with E-state index < -0.39 is 5.97 Å². The van der Waals surface area contributed by atoms with Crippen LogP contribution in [0.4, 0.5) is 0 Å². The summed E-state index contributed by atoms with van der Waals surface area (Å²) in [6.45, 7) is 0.329. The number of aromatic amines is 1. The highest BCUT2D eigenvalue weighted by Gasteiger charge is 2.16. The molecule has 0 aliphatic rings. The Labute approximate surface area is 215 Å². The summed E-state index contributed by atoms with van der Waals surface area (Å²) >= 11 is 13.2. The molecule has 1 aromatic heterocycles. The topological polar surface area (TPSA) is 97.3 Å². The summed E-state index contributed by atoms with van der Waals surface area (Å²) in [5.74, 6) is 0.519. The number of carboxylic acids is 1. The number of aliphatic carboxylic acids is 1. The SMILES string of the molecule is COc1ccc(Cl)cc1-c1nc(S/C(=C\c2ccc(OCc3ccccc3Cl)cc2)C(=O)O)n[nH]1. The number of benzene rings is 3. The molecule has 0 aliphatic heterocycles. The van der Waals surface area contributed by atoms with Gasteiger partial charge in [-0.1, -0.05) is 53.5 Å². The predicted molar refractivity (Wildman–Crippen MR) is 137 cm³/mol. The van der Waals surface area contributed by atoms with E-state index in [1.54, 1.807) is 48.5 Å². The fraction of sp³-hybridized carbons (Fsp3) is 0.0800. The van der Waals surface area contributed by atoms with E-state index in [1.807, 2.05) is 24.3 Å². The molecule has 0 saturated heterocycles. The van der Waals surface area contributed by atoms with Crippen molar-refractivity contribution < 1.29 is 19.4 Å². The molecule has 35 heavy (non-hydrogen) atoms. The summed E-state index contributed by atoms with van der Waals surface area (Å²) in [6, 6.07) is 19.6. The van der Waals surface area contributed by atoms with Crippen LogP contribution in [0.25, 0.3) is 17.5 Å². The van der Waals surface area contributed by atoms with Gasteiger partial charge in [-0.05, 0) is 59.8 Å². The summed E-state index contributed by atoms with van der Waals surface area (Å²) in [5.41, 5.74) is 2.18. The number of hydrogen-bond donors (Lipinski definition) is 2. The smallest absolute Gasteiger partial charge is 0.342 e. The van der Waals surface area contributed by atoms with E-state index in [1.165, 1.54) is 7.11 Å². The third-order valence-electron chi connectivity index (χ3n) is 4.82. The van der Waals surface area contributed by atoms with Crippen molar-refractivity contribution in [2.24, 2.45) is 0 Å². The van der Waals surface area contributed by atoms with Gasteiger partial charge in [0.05, 0.1) is 12.7 Å². The summed E-state index contributed by atoms with van der Waals surface area (Å²) in [6.07, 6.45) is 1.54. The van der Waals surface area contributed by atoms with Crippen molar-refractivity contribution in [2.45, 2.75) is 11.8 Å². The first-order valence-electron chi connectivity index (χ1n) is 10.3. The van der Waals surface area contributed by atoms with E-state index in [2.05, 4.69) is 15.2 Å². The highest BCUT2D eigenvalue weighted by molar-refractivity contribution is 8.04. The van der Waals surface area contributed by atoms with Crippen molar-refractivity contribution in [1.82, 2.24) is 15.2 Å². The maximum atomic E-state index is 11.9. The van der Waals surface area contributed by atoms with Gasteiger partial charge in [-0.2, -0.15) is 0 Å². The molecule has 0 saturated carbocycles. The van der Waals surface area contributed by atoms with Gasteiger partial charge in [0, 0.05) is 15.6 Å². The number of methoxy groups -OCH3 is 1. The fourth-order valence-corrected chi connectivity index (χ4v) is 4.17. The highest BCUT2D eigenvalue weighted by atomic mass is 35.5. The molecule has 0 atom stereocenters. The van der Waals surface area contributed by atoms with Crippen molar-refractivity contribution in [1.29, 1.82) is 0 Å². The molecule has 4 rings (SSSR count). The molecular formula is C25H19Cl2N3O4S. The summed E-state index contributed by atoms with van der Waals surface area (Å²) in [5, 5.41) is 18.0. The first-order valence-corrected chi connectivity index (χ1v) is 11.9. The van der Waals surface area contributed by atoms with Gasteiger partial charge in [0.1, 0.15) is 23.0 Å². The molecule has 7 nitrogen and oxygen atoms in total. The van der Waals surface area contributed by atoms with Crippen molar-refractivity contribution in [3.8, 4) is 22.9 Å². The molecule has 178 valence electrons. The van der Waals surface area contributed by atoms with E-state index in [4.69, 9.17) is 32.7 Å². The zero-order chi connectivity index (χ0) is 24.8. The average Bonchev–Trinajstić information content (AvgIpc) is 3.32. The molecule has 0 amide bonds. The standard InChI is InChI=1S/C25H19Cl2N3O4S/c1-33-21-11-8-17(26)13-19(21)23-28-25(30-29-23)35-22(24(31)32)12-15-6-9-18(10-7-15)34-14-16-4-2-3-5-20(16)27/h2-13H,14H2,1H3,(H,31,32)(H,28,29,30)/b22-12-. The van der Waals surface area contributed by atoms with Gasteiger partial charge in [0.2, 0.25) is 5.16 Å². The Morgan fingerprint density at radius 1 is 1.11 bits per heavy atom. The maximum Gasteiger partial charge on any atom is 0.342 e. The molecule has 0 bridgehead atoms. The third-order valence-corrected chi connectivity index (χ3v) is 6.30. The van der Waals surface area contributed by atoms with E-state index >= 15 is 0 Å². The lowest BCUT2D eigenvalue weighted by atomic mass is 10.2. The van der Waals surface area contributed by atoms with Crippen molar-refractivity contribution in [3.05, 3.63) is 92.8 Å². The summed E-state index contributed by atoms with van der Waals surface area (Å²) in [7, 11) is 1.54. The van der Waals surface area contributed by atoms with Gasteiger partial charge in [-0.3, -0.25) is 5.10 Å². The molecule has 3 aromatic carbocycles. The number of hydrogen-bond acceptors (Lipinski definition) is 6. The van der Waals surface area contributed by atoms with Crippen LogP contribution in [0.15, 0.2) is 76.8 Å². The number of rotatable bonds is 9. The molecule has 2 N–H and O–H groups in total. The highest BCUT2D eigenvalue weighted by Crippen LogP contribution is 2.33. The monoisotopic (exact) mass is 527 g/mol. The largest absolute Gasteiger partial charge is 0.496 e. The Morgan fingerprint density at radius 2 is 1.89 bits per heavy atom. The van der Waals surface area contributed by atoms with Crippen LogP contribution in [0.1, 0.15) is 11.1 Å². The number of nitrogens with one attached hydrogen (secondary N) is 1. The van der Waals surface area contributed by atoms with Gasteiger partial charge in [-0.15, -0.1) is 5.10 Å². The number of H-pyrrole nitrogens is 1. The maximum absolute atomic E-state index is 11.9. The number of aromatic nitrogens is 3. The molecule has 0 unspecified atom stereocenters. The molecule has 10 heteroatoms. The van der Waals surface area contributed by atoms with E-state index in [0.29, 0.717) is 45.1 Å². The Kier molecular flexibility index (Phi) is 7.97. The molecule has 0 aliphatic carbocycles. The van der Waals surface area contributed by atoms with Gasteiger partial charge < -0.3 is 14.6 Å². The minimum Gasteiger partial charge on any atom is -0.496 e. The normalized spacial score (nSPS) is 11.3. The second kappa shape index (κ2) is 11.3. The second-order valence-corrected chi connectivity index (χ2v) is 9.03. The van der Waals surface area contributed by atoms with Crippen LogP contribution in [-0.2, 0) is 11.4 Å². The van der Waals surface area contributed by atoms with Gasteiger partial charge in [-0.25, -0.2) is 9.78 Å². The molecule has 0 radical (unpaired) electrons. The summed E-state index contributed by atoms with van der Waals surface area (Å²) < 4.78 is 11.1. The van der Waals surface area contributed by atoms with Gasteiger partial charge >= 0.3 is 5.97 Å². The zero-order valence-corrected chi connectivity index (χ0v) is 20.7. The number of carbonyl (C=O) groups is 1. The number of halogens is 2. The predicted octanol–water partition coefficient (Wildman–Crippen LogP) is 6.58. The van der Waals surface area contributed by atoms with E-state index in [-0.39, 0.29) is 10.1 Å². The third kappa shape index (κ3) is 6.36. The molecule has 0 fully saturated rings. The number of thioether (sulfide) groups is 1. The molecule has 4 aromatic rings. The van der Waals surface area contributed by atoms with Crippen LogP contribution in [0.2, 0.25) is 10.0 Å².